The lowest BCUT2D eigenvalue weighted by molar-refractivity contribution is -0.133. The molecule has 0 saturated carbocycles. The van der Waals surface area contributed by atoms with Gasteiger partial charge in [-0.3, -0.25) is 19.8 Å². The van der Waals surface area contributed by atoms with Crippen LogP contribution in [0.5, 0.6) is 5.75 Å². The predicted molar refractivity (Wildman–Crippen MR) is 138 cm³/mol. The molecule has 0 radical (unpaired) electrons. The Labute approximate surface area is 211 Å². The van der Waals surface area contributed by atoms with Crippen molar-refractivity contribution in [2.75, 3.05) is 23.2 Å². The van der Waals surface area contributed by atoms with Gasteiger partial charge in [0, 0.05) is 25.7 Å². The van der Waals surface area contributed by atoms with Gasteiger partial charge in [0.25, 0.3) is 5.91 Å². The average molecular weight is 586 g/mol. The van der Waals surface area contributed by atoms with Crippen molar-refractivity contribution in [1.82, 2.24) is 4.68 Å². The lowest BCUT2D eigenvalue weighted by atomic mass is 10.2. The Morgan fingerprint density at radius 3 is 2.24 bits per heavy atom. The van der Waals surface area contributed by atoms with Gasteiger partial charge in [0.1, 0.15) is 11.4 Å². The highest BCUT2D eigenvalue weighted by Crippen LogP contribution is 2.24. The molecule has 0 unspecified atom stereocenters. The number of carbonyl (C=O) groups is 3. The van der Waals surface area contributed by atoms with Gasteiger partial charge >= 0.3 is 11.8 Å². The number of hydrogen-bond donors (Lipinski definition) is 3. The van der Waals surface area contributed by atoms with Crippen molar-refractivity contribution < 1.29 is 19.1 Å². The van der Waals surface area contributed by atoms with E-state index in [1.165, 1.54) is 4.68 Å². The molecule has 0 atom stereocenters. The number of rotatable bonds is 5. The standard InChI is InChI=1S/C24H18Br2N4O4/c1-34-19-8-6-17(7-9-19)27-22(31)21-12-14-11-16(26)5-10-20(14)30(21)29-24(33)23(32)28-18-4-2-3-15(25)13-18/h2-13H,1H3,(H,27,31)(H,28,32)(H,29,33). The van der Waals surface area contributed by atoms with E-state index < -0.39 is 17.7 Å². The number of hydrogen-bond acceptors (Lipinski definition) is 4. The summed E-state index contributed by atoms with van der Waals surface area (Å²) >= 11 is 6.73. The smallest absolute Gasteiger partial charge is 0.328 e. The van der Waals surface area contributed by atoms with Gasteiger partial charge in [-0.25, -0.2) is 4.68 Å². The van der Waals surface area contributed by atoms with E-state index in [0.717, 1.165) is 8.95 Å². The van der Waals surface area contributed by atoms with E-state index in [0.29, 0.717) is 28.0 Å². The minimum atomic E-state index is -0.932. The average Bonchev–Trinajstić information content (AvgIpc) is 3.17. The summed E-state index contributed by atoms with van der Waals surface area (Å²) < 4.78 is 7.99. The van der Waals surface area contributed by atoms with Crippen LogP contribution in [-0.2, 0) is 9.59 Å². The number of nitrogens with zero attached hydrogens (tertiary/aromatic N) is 1. The highest BCUT2D eigenvalue weighted by atomic mass is 79.9. The lowest BCUT2D eigenvalue weighted by Gasteiger charge is -2.13. The van der Waals surface area contributed by atoms with E-state index in [4.69, 9.17) is 4.74 Å². The predicted octanol–water partition coefficient (Wildman–Crippen LogP) is 5.14. The van der Waals surface area contributed by atoms with Gasteiger partial charge in [0.15, 0.2) is 0 Å². The Morgan fingerprint density at radius 1 is 0.794 bits per heavy atom. The summed E-state index contributed by atoms with van der Waals surface area (Å²) in [6.45, 7) is 0. The number of ether oxygens (including phenoxy) is 1. The molecule has 0 saturated heterocycles. The lowest BCUT2D eigenvalue weighted by Crippen LogP contribution is -2.36. The van der Waals surface area contributed by atoms with Crippen LogP contribution in [0, 0.1) is 0 Å². The van der Waals surface area contributed by atoms with Crippen molar-refractivity contribution in [3.8, 4) is 5.75 Å². The molecule has 0 fully saturated rings. The van der Waals surface area contributed by atoms with Crippen LogP contribution in [0.1, 0.15) is 10.5 Å². The number of anilines is 2. The Hall–Kier alpha value is -3.63. The Balaban J connectivity index is 1.61. The molecular weight excluding hydrogens is 568 g/mol. The number of amides is 3. The van der Waals surface area contributed by atoms with Crippen molar-refractivity contribution >= 4 is 71.9 Å². The van der Waals surface area contributed by atoms with Gasteiger partial charge < -0.3 is 15.4 Å². The molecule has 172 valence electrons. The third-order valence-corrected chi connectivity index (χ3v) is 5.83. The fraction of sp³-hybridized carbons (Fsp3) is 0.0417. The fourth-order valence-corrected chi connectivity index (χ4v) is 4.03. The minimum absolute atomic E-state index is 0.146. The van der Waals surface area contributed by atoms with E-state index in [9.17, 15) is 14.4 Å². The van der Waals surface area contributed by atoms with Gasteiger partial charge in [-0.2, -0.15) is 0 Å². The number of nitrogens with one attached hydrogen (secondary N) is 3. The second kappa shape index (κ2) is 10.1. The highest BCUT2D eigenvalue weighted by molar-refractivity contribution is 9.10. The molecule has 0 bridgehead atoms. The number of methoxy groups -OCH3 is 1. The number of fused-ring (bicyclic) bond motifs is 1. The summed E-state index contributed by atoms with van der Waals surface area (Å²) in [6, 6.07) is 20.6. The zero-order valence-corrected chi connectivity index (χ0v) is 20.9. The van der Waals surface area contributed by atoms with Gasteiger partial charge in [-0.1, -0.05) is 37.9 Å². The van der Waals surface area contributed by atoms with Crippen LogP contribution >= 0.6 is 31.9 Å². The van der Waals surface area contributed by atoms with Crippen molar-refractivity contribution in [2.24, 2.45) is 0 Å². The maximum Gasteiger partial charge on any atom is 0.328 e. The van der Waals surface area contributed by atoms with E-state index in [1.807, 2.05) is 6.07 Å². The molecule has 4 aromatic rings. The summed E-state index contributed by atoms with van der Waals surface area (Å²) in [5.74, 6) is -1.62. The normalized spacial score (nSPS) is 10.6. The van der Waals surface area contributed by atoms with Crippen LogP contribution in [0.25, 0.3) is 10.9 Å². The van der Waals surface area contributed by atoms with E-state index in [1.54, 1.807) is 73.8 Å². The second-order valence-corrected chi connectivity index (χ2v) is 8.99. The molecule has 3 N–H and O–H groups in total. The van der Waals surface area contributed by atoms with Gasteiger partial charge in [0.05, 0.1) is 12.6 Å². The first kappa shape index (κ1) is 23.5. The number of halogens is 2. The molecule has 10 heteroatoms. The van der Waals surface area contributed by atoms with E-state index >= 15 is 0 Å². The monoisotopic (exact) mass is 584 g/mol. The molecule has 1 heterocycles. The molecule has 0 aliphatic rings. The molecule has 4 rings (SSSR count). The summed E-state index contributed by atoms with van der Waals surface area (Å²) in [7, 11) is 1.56. The first-order chi connectivity index (χ1) is 16.3. The van der Waals surface area contributed by atoms with Crippen molar-refractivity contribution in [3.63, 3.8) is 0 Å². The fourth-order valence-electron chi connectivity index (χ4n) is 3.25. The zero-order valence-electron chi connectivity index (χ0n) is 17.8. The Bertz CT molecular complexity index is 1400. The first-order valence-corrected chi connectivity index (χ1v) is 11.6. The van der Waals surface area contributed by atoms with Crippen LogP contribution < -0.4 is 20.8 Å². The van der Waals surface area contributed by atoms with E-state index in [2.05, 4.69) is 47.9 Å². The van der Waals surface area contributed by atoms with Crippen LogP contribution in [0.3, 0.4) is 0 Å². The van der Waals surface area contributed by atoms with Gasteiger partial charge in [0.2, 0.25) is 0 Å². The largest absolute Gasteiger partial charge is 0.497 e. The maximum atomic E-state index is 13.1. The van der Waals surface area contributed by atoms with Gasteiger partial charge in [-0.05, 0) is 66.7 Å². The molecular formula is C24H18Br2N4O4. The Morgan fingerprint density at radius 2 is 1.53 bits per heavy atom. The van der Waals surface area contributed by atoms with E-state index in [-0.39, 0.29) is 5.69 Å². The van der Waals surface area contributed by atoms with Gasteiger partial charge in [-0.15, -0.1) is 0 Å². The third kappa shape index (κ3) is 5.29. The number of carbonyl (C=O) groups excluding carboxylic acids is 3. The van der Waals surface area contributed by atoms with Crippen LogP contribution in [0.4, 0.5) is 11.4 Å². The summed E-state index contributed by atoms with van der Waals surface area (Å²) in [6.07, 6.45) is 0. The van der Waals surface area contributed by atoms with Crippen LogP contribution in [0.2, 0.25) is 0 Å². The first-order valence-electron chi connectivity index (χ1n) is 9.98. The van der Waals surface area contributed by atoms with Crippen molar-refractivity contribution in [2.45, 2.75) is 0 Å². The molecule has 3 aromatic carbocycles. The Kier molecular flexibility index (Phi) is 6.99. The third-order valence-electron chi connectivity index (χ3n) is 4.85. The molecule has 8 nitrogen and oxygen atoms in total. The molecule has 0 spiro atoms. The molecule has 1 aromatic heterocycles. The molecule has 0 aliphatic carbocycles. The quantitative estimate of drug-likeness (QED) is 0.282. The highest BCUT2D eigenvalue weighted by Gasteiger charge is 2.21. The molecule has 0 aliphatic heterocycles. The number of benzene rings is 3. The topological polar surface area (TPSA) is 101 Å². The summed E-state index contributed by atoms with van der Waals surface area (Å²) in [5, 5.41) is 6.02. The summed E-state index contributed by atoms with van der Waals surface area (Å²) in [4.78, 5) is 38.3. The summed E-state index contributed by atoms with van der Waals surface area (Å²) in [5.41, 5.74) is 4.22. The zero-order chi connectivity index (χ0) is 24.2. The van der Waals surface area contributed by atoms with Crippen molar-refractivity contribution in [3.05, 3.63) is 87.4 Å². The second-order valence-electron chi connectivity index (χ2n) is 7.16. The minimum Gasteiger partial charge on any atom is -0.497 e. The van der Waals surface area contributed by atoms with Crippen LogP contribution in [0.15, 0.2) is 81.7 Å². The van der Waals surface area contributed by atoms with Crippen LogP contribution in [-0.4, -0.2) is 29.5 Å². The molecule has 3 amide bonds. The maximum absolute atomic E-state index is 13.1. The molecule has 34 heavy (non-hydrogen) atoms. The van der Waals surface area contributed by atoms with Crippen molar-refractivity contribution in [1.29, 1.82) is 0 Å². The SMILES string of the molecule is COc1ccc(NC(=O)c2cc3cc(Br)ccc3n2NC(=O)C(=O)Nc2cccc(Br)c2)cc1. The number of aromatic nitrogens is 1.